The van der Waals surface area contributed by atoms with Gasteiger partial charge in [-0.2, -0.15) is 0 Å². The number of methoxy groups -OCH3 is 1. The first-order valence-electron chi connectivity index (χ1n) is 5.24. The summed E-state index contributed by atoms with van der Waals surface area (Å²) in [4.78, 5) is 35.1. The Balaban J connectivity index is 2.50. The van der Waals surface area contributed by atoms with Gasteiger partial charge in [-0.15, -0.1) is 0 Å². The van der Waals surface area contributed by atoms with Crippen molar-refractivity contribution < 1.29 is 23.5 Å². The van der Waals surface area contributed by atoms with Crippen LogP contribution < -0.4 is 5.32 Å². The van der Waals surface area contributed by atoms with E-state index >= 15 is 0 Å². The van der Waals surface area contributed by atoms with Gasteiger partial charge in [0.1, 0.15) is 11.7 Å². The molecule has 1 aliphatic heterocycles. The standard InChI is InChI=1S/C12H10FNO4/c1-18-12(17)8-5-10(15)14-9-3-2-6(13)4-7(9)11(8)16/h2-4,8H,5H2,1H3,(H,14,15). The Hall–Kier alpha value is -2.24. The SMILES string of the molecule is COC(=O)C1CC(=O)Nc2ccc(F)cc2C1=O. The van der Waals surface area contributed by atoms with Gasteiger partial charge in [0.25, 0.3) is 0 Å². The molecule has 0 spiro atoms. The first-order chi connectivity index (χ1) is 8.52. The van der Waals surface area contributed by atoms with E-state index in [2.05, 4.69) is 10.1 Å². The molecule has 1 atom stereocenters. The molecule has 0 saturated heterocycles. The predicted molar refractivity (Wildman–Crippen MR) is 59.5 cm³/mol. The third-order valence-electron chi connectivity index (χ3n) is 2.71. The van der Waals surface area contributed by atoms with Crippen LogP contribution in [-0.2, 0) is 14.3 Å². The molecule has 1 aromatic rings. The van der Waals surface area contributed by atoms with E-state index in [0.29, 0.717) is 0 Å². The van der Waals surface area contributed by atoms with E-state index in [9.17, 15) is 18.8 Å². The minimum absolute atomic E-state index is 0.0174. The molecule has 0 aromatic heterocycles. The minimum atomic E-state index is -1.22. The summed E-state index contributed by atoms with van der Waals surface area (Å²) >= 11 is 0. The maximum absolute atomic E-state index is 13.1. The predicted octanol–water partition coefficient (Wildman–Crippen LogP) is 1.14. The second-order valence-electron chi connectivity index (χ2n) is 3.88. The highest BCUT2D eigenvalue weighted by Gasteiger charge is 2.35. The summed E-state index contributed by atoms with van der Waals surface area (Å²) in [5.41, 5.74) is 0.189. The summed E-state index contributed by atoms with van der Waals surface area (Å²) in [6, 6.07) is 3.42. The van der Waals surface area contributed by atoms with Crippen LogP contribution in [0.2, 0.25) is 0 Å². The molecule has 18 heavy (non-hydrogen) atoms. The molecule has 94 valence electrons. The van der Waals surface area contributed by atoms with E-state index in [0.717, 1.165) is 19.2 Å². The zero-order valence-corrected chi connectivity index (χ0v) is 9.53. The molecule has 0 aliphatic carbocycles. The quantitative estimate of drug-likeness (QED) is 0.600. The van der Waals surface area contributed by atoms with Crippen molar-refractivity contribution in [3.05, 3.63) is 29.6 Å². The smallest absolute Gasteiger partial charge is 0.317 e. The lowest BCUT2D eigenvalue weighted by atomic mass is 9.95. The average Bonchev–Trinajstić information content (AvgIpc) is 2.47. The number of hydrogen-bond donors (Lipinski definition) is 1. The van der Waals surface area contributed by atoms with Crippen molar-refractivity contribution in [2.45, 2.75) is 6.42 Å². The van der Waals surface area contributed by atoms with Gasteiger partial charge in [-0.25, -0.2) is 4.39 Å². The van der Waals surface area contributed by atoms with Crippen molar-refractivity contribution in [3.63, 3.8) is 0 Å². The van der Waals surface area contributed by atoms with E-state index in [4.69, 9.17) is 0 Å². The highest BCUT2D eigenvalue weighted by Crippen LogP contribution is 2.26. The average molecular weight is 251 g/mol. The number of carbonyl (C=O) groups excluding carboxylic acids is 3. The van der Waals surface area contributed by atoms with Crippen molar-refractivity contribution in [2.24, 2.45) is 5.92 Å². The number of carbonyl (C=O) groups is 3. The zero-order chi connectivity index (χ0) is 13.3. The number of Topliss-reactive ketones (excluding diaryl/α,β-unsaturated/α-hetero) is 1. The Kier molecular flexibility index (Phi) is 3.10. The first-order valence-corrected chi connectivity index (χ1v) is 5.24. The van der Waals surface area contributed by atoms with Gasteiger partial charge in [-0.3, -0.25) is 14.4 Å². The molecule has 0 radical (unpaired) electrons. The first kappa shape index (κ1) is 12.2. The van der Waals surface area contributed by atoms with Gasteiger partial charge in [0.2, 0.25) is 5.91 Å². The molecule has 6 heteroatoms. The number of benzene rings is 1. The van der Waals surface area contributed by atoms with E-state index in [1.807, 2.05) is 0 Å². The van der Waals surface area contributed by atoms with Gasteiger partial charge in [0, 0.05) is 12.0 Å². The van der Waals surface area contributed by atoms with Gasteiger partial charge in [-0.05, 0) is 18.2 Å². The largest absolute Gasteiger partial charge is 0.468 e. The van der Waals surface area contributed by atoms with Crippen LogP contribution in [0, 0.1) is 11.7 Å². The highest BCUT2D eigenvalue weighted by atomic mass is 19.1. The van der Waals surface area contributed by atoms with Crippen LogP contribution >= 0.6 is 0 Å². The number of halogens is 1. The Morgan fingerprint density at radius 1 is 1.44 bits per heavy atom. The summed E-state index contributed by atoms with van der Waals surface area (Å²) in [7, 11) is 1.13. The summed E-state index contributed by atoms with van der Waals surface area (Å²) in [6.07, 6.45) is -0.304. The van der Waals surface area contributed by atoms with Crippen molar-refractivity contribution in [3.8, 4) is 0 Å². The fourth-order valence-corrected chi connectivity index (χ4v) is 1.83. The van der Waals surface area contributed by atoms with Crippen LogP contribution in [0.1, 0.15) is 16.8 Å². The minimum Gasteiger partial charge on any atom is -0.468 e. The maximum Gasteiger partial charge on any atom is 0.317 e. The van der Waals surface area contributed by atoms with Gasteiger partial charge in [0.05, 0.1) is 12.8 Å². The molecule has 1 amide bonds. The molecule has 1 N–H and O–H groups in total. The maximum atomic E-state index is 13.1. The van der Waals surface area contributed by atoms with Crippen molar-refractivity contribution in [1.29, 1.82) is 0 Å². The van der Waals surface area contributed by atoms with Crippen LogP contribution in [0.5, 0.6) is 0 Å². The summed E-state index contributed by atoms with van der Waals surface area (Å²) in [5.74, 6) is -3.73. The number of fused-ring (bicyclic) bond motifs is 1. The Morgan fingerprint density at radius 3 is 2.83 bits per heavy atom. The molecular weight excluding hydrogens is 241 g/mol. The molecule has 0 saturated carbocycles. The molecular formula is C12H10FNO4. The van der Waals surface area contributed by atoms with Crippen molar-refractivity contribution in [1.82, 2.24) is 0 Å². The number of rotatable bonds is 1. The fraction of sp³-hybridized carbons (Fsp3) is 0.250. The van der Waals surface area contributed by atoms with Crippen LogP contribution in [-0.4, -0.2) is 24.8 Å². The summed E-state index contributed by atoms with van der Waals surface area (Å²) in [5, 5.41) is 2.45. The Morgan fingerprint density at radius 2 is 2.17 bits per heavy atom. The summed E-state index contributed by atoms with van der Waals surface area (Å²) < 4.78 is 17.6. The molecule has 1 aromatic carbocycles. The van der Waals surface area contributed by atoms with Crippen LogP contribution in [0.4, 0.5) is 10.1 Å². The topological polar surface area (TPSA) is 72.5 Å². The molecule has 5 nitrogen and oxygen atoms in total. The number of ketones is 1. The van der Waals surface area contributed by atoms with Gasteiger partial charge in [0.15, 0.2) is 5.78 Å². The number of nitrogens with one attached hydrogen (secondary N) is 1. The molecule has 2 rings (SSSR count). The highest BCUT2D eigenvalue weighted by molar-refractivity contribution is 6.17. The fourth-order valence-electron chi connectivity index (χ4n) is 1.83. The van der Waals surface area contributed by atoms with Crippen LogP contribution in [0.3, 0.4) is 0 Å². The Labute approximate surface area is 102 Å². The number of esters is 1. The molecule has 1 unspecified atom stereocenters. The van der Waals surface area contributed by atoms with Gasteiger partial charge >= 0.3 is 5.97 Å². The van der Waals surface area contributed by atoms with E-state index in [1.54, 1.807) is 0 Å². The lowest BCUT2D eigenvalue weighted by Gasteiger charge is -2.09. The Bertz CT molecular complexity index is 541. The number of amides is 1. The van der Waals surface area contributed by atoms with Crippen molar-refractivity contribution >= 4 is 23.3 Å². The van der Waals surface area contributed by atoms with E-state index < -0.39 is 29.4 Å². The lowest BCUT2D eigenvalue weighted by Crippen LogP contribution is -2.27. The van der Waals surface area contributed by atoms with Crippen molar-refractivity contribution in [2.75, 3.05) is 12.4 Å². The van der Waals surface area contributed by atoms with E-state index in [1.165, 1.54) is 6.07 Å². The zero-order valence-electron chi connectivity index (χ0n) is 9.53. The van der Waals surface area contributed by atoms with Crippen LogP contribution in [0.25, 0.3) is 0 Å². The molecule has 1 heterocycles. The molecule has 0 fully saturated rings. The second-order valence-corrected chi connectivity index (χ2v) is 3.88. The van der Waals surface area contributed by atoms with Gasteiger partial charge < -0.3 is 10.1 Å². The second kappa shape index (κ2) is 4.56. The lowest BCUT2D eigenvalue weighted by molar-refractivity contribution is -0.145. The third kappa shape index (κ3) is 2.09. The van der Waals surface area contributed by atoms with Crippen LogP contribution in [0.15, 0.2) is 18.2 Å². The van der Waals surface area contributed by atoms with E-state index in [-0.39, 0.29) is 17.7 Å². The molecule has 0 bridgehead atoms. The number of hydrogen-bond acceptors (Lipinski definition) is 4. The number of anilines is 1. The summed E-state index contributed by atoms with van der Waals surface area (Å²) in [6.45, 7) is 0. The number of ether oxygens (including phenoxy) is 1. The van der Waals surface area contributed by atoms with Gasteiger partial charge in [-0.1, -0.05) is 0 Å². The monoisotopic (exact) mass is 251 g/mol. The normalized spacial score (nSPS) is 18.7. The molecule has 1 aliphatic rings. The third-order valence-corrected chi connectivity index (χ3v) is 2.71.